The average molecular weight is 990 g/mol. The zero-order chi connectivity index (χ0) is 52.9. The third kappa shape index (κ3) is 36.5. The smallest absolute Gasteiger partial charge is 0.336 e. The summed E-state index contributed by atoms with van der Waals surface area (Å²) in [5.41, 5.74) is 35.9. The maximum Gasteiger partial charge on any atom is 0.336 e. The van der Waals surface area contributed by atoms with E-state index in [1.54, 1.807) is 36.4 Å². The zero-order valence-electron chi connectivity index (χ0n) is 39.9. The van der Waals surface area contributed by atoms with Crippen molar-refractivity contribution in [2.75, 3.05) is 0 Å². The van der Waals surface area contributed by atoms with E-state index in [4.69, 9.17) is 0 Å². The standard InChI is InChI=1S/3C9H12O3S.2C8H10.3CH5N3/c3*1-7(2)8-3-5-9(6-4-8)13(10,11)12;2*1-7-3-5-8(2)6-4-7;3*2-1(3)4/h3*3-7H,1-2H3,(H,10,11,12);2*3-6H,1-2H3;3*(H5,2,3,4). The van der Waals surface area contributed by atoms with Crippen LogP contribution >= 0.6 is 0 Å². The fraction of sp³-hybridized carbons (Fsp3) is 0.283. The highest BCUT2D eigenvalue weighted by Crippen LogP contribution is 2.19. The van der Waals surface area contributed by atoms with Crippen molar-refractivity contribution in [1.29, 1.82) is 0 Å². The average Bonchev–Trinajstić information content (AvgIpc) is 3.19. The Morgan fingerprint density at radius 3 is 0.552 bits per heavy atom. The van der Waals surface area contributed by atoms with Crippen molar-refractivity contribution >= 4 is 48.2 Å². The molecule has 5 aromatic carbocycles. The highest BCUT2D eigenvalue weighted by atomic mass is 32.2. The number of guanidine groups is 3. The lowest BCUT2D eigenvalue weighted by atomic mass is 10.0. The third-order valence-electron chi connectivity index (χ3n) is 7.94. The maximum absolute atomic E-state index is 10.6. The first-order valence-corrected chi connectivity index (χ1v) is 24.4. The van der Waals surface area contributed by atoms with Crippen LogP contribution in [0.2, 0.25) is 0 Å². The first-order chi connectivity index (χ1) is 30.5. The minimum Gasteiger partial charge on any atom is -0.744 e. The van der Waals surface area contributed by atoms with Crippen LogP contribution in [0.1, 0.15) is 98.2 Å². The van der Waals surface area contributed by atoms with Gasteiger partial charge < -0.3 is 13.7 Å². The summed E-state index contributed by atoms with van der Waals surface area (Å²) in [4.78, 5) is -0.509. The molecule has 21 heteroatoms. The molecule has 0 aromatic heterocycles. The molecule has 5 aromatic rings. The van der Waals surface area contributed by atoms with Crippen LogP contribution in [0.4, 0.5) is 0 Å². The van der Waals surface area contributed by atoms with Gasteiger partial charge in [-0.05, 0) is 98.5 Å². The van der Waals surface area contributed by atoms with Crippen molar-refractivity contribution < 1.29 is 55.1 Å². The van der Waals surface area contributed by atoms with Crippen LogP contribution in [0, 0.1) is 27.7 Å². The molecule has 0 unspecified atom stereocenters. The Balaban J connectivity index is -0.000000727. The number of aryl methyl sites for hydroxylation is 4. The van der Waals surface area contributed by atoms with Gasteiger partial charge in [0, 0.05) is 0 Å². The summed E-state index contributed by atoms with van der Waals surface area (Å²) < 4.78 is 95.0. The molecule has 0 bridgehead atoms. The van der Waals surface area contributed by atoms with Gasteiger partial charge in [0.05, 0.1) is 14.7 Å². The SMILES string of the molecule is CC(C)c1ccc(S(=O)(=O)[O-])cc1.CC(C)c1ccc(S(=O)(=O)[O-])cc1.CC(C)c1ccc(S(=O)(=O)[O-])cc1.Cc1ccc(C)cc1.Cc1ccc(C)cc1.NC(N)=[NH2+].NC(N)=[NH2+].NC(N)=[NH2+]. The molecule has 0 radical (unpaired) electrons. The Morgan fingerprint density at radius 2 is 0.463 bits per heavy atom. The molecule has 67 heavy (non-hydrogen) atoms. The normalized spacial score (nSPS) is 10.3. The van der Waals surface area contributed by atoms with Gasteiger partial charge in [-0.15, -0.1) is 0 Å². The molecule has 0 amide bonds. The molecule has 0 aliphatic carbocycles. The Bertz CT molecular complexity index is 2220. The van der Waals surface area contributed by atoms with Crippen molar-refractivity contribution in [1.82, 2.24) is 0 Å². The summed E-state index contributed by atoms with van der Waals surface area (Å²) in [6, 6.07) is 35.0. The van der Waals surface area contributed by atoms with Gasteiger partial charge in [-0.1, -0.05) is 149 Å². The topological polar surface area (TPSA) is 404 Å². The first-order valence-electron chi connectivity index (χ1n) is 20.1. The molecule has 18 N–H and O–H groups in total. The van der Waals surface area contributed by atoms with E-state index in [2.05, 4.69) is 127 Å². The molecule has 5 rings (SSSR count). The highest BCUT2D eigenvalue weighted by Gasteiger charge is 2.04. The Kier molecular flexibility index (Phi) is 31.3. The molecule has 0 aliphatic rings. The van der Waals surface area contributed by atoms with Crippen molar-refractivity contribution in [2.45, 2.75) is 102 Å². The predicted molar refractivity (Wildman–Crippen MR) is 263 cm³/mol. The van der Waals surface area contributed by atoms with E-state index >= 15 is 0 Å². The van der Waals surface area contributed by atoms with Crippen LogP contribution in [0.5, 0.6) is 0 Å². The minimum atomic E-state index is -4.30. The second-order valence-corrected chi connectivity index (χ2v) is 19.5. The Hall–Kier alpha value is -6.36. The third-order valence-corrected chi connectivity index (χ3v) is 10.5. The van der Waals surface area contributed by atoms with Gasteiger partial charge in [0.1, 0.15) is 30.4 Å². The Morgan fingerprint density at radius 1 is 0.343 bits per heavy atom. The summed E-state index contributed by atoms with van der Waals surface area (Å²) in [5.74, 6) is 0.759. The second kappa shape index (κ2) is 32.3. The van der Waals surface area contributed by atoms with Crippen LogP contribution in [0.25, 0.3) is 0 Å². The molecule has 0 atom stereocenters. The van der Waals surface area contributed by atoms with Crippen molar-refractivity contribution in [3.05, 3.63) is 160 Å². The number of hydrogen-bond acceptors (Lipinski definition) is 9. The fourth-order valence-electron chi connectivity index (χ4n) is 4.33. The number of benzene rings is 5. The van der Waals surface area contributed by atoms with Crippen molar-refractivity contribution in [3.8, 4) is 0 Å². The summed E-state index contributed by atoms with van der Waals surface area (Å²) in [5, 5.41) is 13.8. The van der Waals surface area contributed by atoms with Gasteiger partial charge in [-0.2, -0.15) is 0 Å². The molecular formula is C46H71N9O9S3. The van der Waals surface area contributed by atoms with Gasteiger partial charge >= 0.3 is 17.9 Å². The molecule has 372 valence electrons. The summed E-state index contributed by atoms with van der Waals surface area (Å²) in [7, 11) is -12.9. The van der Waals surface area contributed by atoms with E-state index in [9.17, 15) is 38.9 Å². The van der Waals surface area contributed by atoms with Crippen LogP contribution in [-0.2, 0) is 30.4 Å². The molecule has 0 spiro atoms. The molecule has 0 saturated heterocycles. The van der Waals surface area contributed by atoms with Crippen LogP contribution < -0.4 is 50.6 Å². The van der Waals surface area contributed by atoms with Gasteiger partial charge in [0.15, 0.2) is 0 Å². The lowest BCUT2D eigenvalue weighted by Crippen LogP contribution is -2.51. The highest BCUT2D eigenvalue weighted by molar-refractivity contribution is 7.86. The van der Waals surface area contributed by atoms with E-state index in [1.165, 1.54) is 58.7 Å². The number of hydrogen-bond donors (Lipinski definition) is 9. The molecule has 0 aliphatic heterocycles. The van der Waals surface area contributed by atoms with Crippen molar-refractivity contribution in [2.24, 2.45) is 34.4 Å². The summed E-state index contributed by atoms with van der Waals surface area (Å²) >= 11 is 0. The first kappa shape index (κ1) is 64.9. The van der Waals surface area contributed by atoms with Crippen molar-refractivity contribution in [3.63, 3.8) is 0 Å². The van der Waals surface area contributed by atoms with E-state index in [-0.39, 0.29) is 32.6 Å². The molecule has 18 nitrogen and oxygen atoms in total. The number of nitrogens with two attached hydrogens (primary N) is 9. The van der Waals surface area contributed by atoms with Gasteiger partial charge in [0.25, 0.3) is 0 Å². The number of rotatable bonds is 6. The lowest BCUT2D eigenvalue weighted by Gasteiger charge is -2.09. The second-order valence-electron chi connectivity index (χ2n) is 15.3. The molecular weight excluding hydrogens is 919 g/mol. The van der Waals surface area contributed by atoms with E-state index in [1.807, 2.05) is 41.5 Å². The molecule has 0 fully saturated rings. The molecule has 0 heterocycles. The minimum absolute atomic E-state index is 0.0833. The van der Waals surface area contributed by atoms with Gasteiger partial charge in [0.2, 0.25) is 0 Å². The van der Waals surface area contributed by atoms with Crippen LogP contribution in [0.15, 0.2) is 136 Å². The van der Waals surface area contributed by atoms with E-state index in [0.717, 1.165) is 16.7 Å². The summed E-state index contributed by atoms with van der Waals surface area (Å²) in [6.45, 7) is 20.4. The maximum atomic E-state index is 10.6. The van der Waals surface area contributed by atoms with E-state index < -0.39 is 30.4 Å². The van der Waals surface area contributed by atoms with Crippen LogP contribution in [0.3, 0.4) is 0 Å². The predicted octanol–water partition coefficient (Wildman–Crippen LogP) is 0.806. The van der Waals surface area contributed by atoms with Gasteiger partial charge in [-0.25, -0.2) is 25.3 Å². The molecule has 0 saturated carbocycles. The zero-order valence-corrected chi connectivity index (χ0v) is 42.3. The fourth-order valence-corrected chi connectivity index (χ4v) is 5.74. The monoisotopic (exact) mass is 989 g/mol. The quantitative estimate of drug-likeness (QED) is 0.0646. The van der Waals surface area contributed by atoms with Gasteiger partial charge in [-0.3, -0.25) is 50.6 Å². The Labute approximate surface area is 398 Å². The largest absolute Gasteiger partial charge is 0.744 e. The lowest BCUT2D eigenvalue weighted by molar-refractivity contribution is -0.117. The van der Waals surface area contributed by atoms with E-state index in [0.29, 0.717) is 17.8 Å². The summed E-state index contributed by atoms with van der Waals surface area (Å²) in [6.07, 6.45) is 0. The van der Waals surface area contributed by atoms with Crippen LogP contribution in [-0.4, -0.2) is 56.8 Å².